The lowest BCUT2D eigenvalue weighted by atomic mass is 10.1. The zero-order chi connectivity index (χ0) is 10.3. The average molecular weight is 195 g/mol. The zero-order valence-corrected chi connectivity index (χ0v) is 8.91. The molecule has 3 N–H and O–H groups in total. The third kappa shape index (κ3) is 1.43. The molecule has 14 heavy (non-hydrogen) atoms. The molecule has 5 heteroatoms. The van der Waals surface area contributed by atoms with Gasteiger partial charge in [-0.2, -0.15) is 5.10 Å². The first kappa shape index (κ1) is 9.33. The van der Waals surface area contributed by atoms with Crippen LogP contribution in [0.5, 0.6) is 0 Å². The monoisotopic (exact) mass is 195 g/mol. The summed E-state index contributed by atoms with van der Waals surface area (Å²) in [5, 5.41) is 7.66. The highest BCUT2D eigenvalue weighted by molar-refractivity contribution is 5.65. The lowest BCUT2D eigenvalue weighted by Gasteiger charge is -2.37. The van der Waals surface area contributed by atoms with Crippen LogP contribution < -0.4 is 11.1 Å². The maximum absolute atomic E-state index is 5.91. The molecule has 2 heterocycles. The maximum Gasteiger partial charge on any atom is 0.148 e. The predicted octanol–water partition coefficient (Wildman–Crippen LogP) is 0.0366. The van der Waals surface area contributed by atoms with E-state index in [-0.39, 0.29) is 0 Å². The molecule has 78 valence electrons. The van der Waals surface area contributed by atoms with E-state index in [1.54, 1.807) is 0 Å². The van der Waals surface area contributed by atoms with E-state index in [1.165, 1.54) is 0 Å². The Kier molecular flexibility index (Phi) is 2.11. The summed E-state index contributed by atoms with van der Waals surface area (Å²) in [5.41, 5.74) is 7.56. The molecule has 0 radical (unpaired) electrons. The van der Waals surface area contributed by atoms with Gasteiger partial charge in [0.2, 0.25) is 0 Å². The van der Waals surface area contributed by atoms with Crippen molar-refractivity contribution < 1.29 is 0 Å². The summed E-state index contributed by atoms with van der Waals surface area (Å²) in [4.78, 5) is 2.26. The Labute approximate surface area is 83.9 Å². The molecule has 1 aliphatic rings. The van der Waals surface area contributed by atoms with Gasteiger partial charge in [-0.05, 0) is 14.0 Å². The highest BCUT2D eigenvalue weighted by Crippen LogP contribution is 2.23. The van der Waals surface area contributed by atoms with Crippen LogP contribution in [0.2, 0.25) is 0 Å². The Morgan fingerprint density at radius 3 is 2.50 bits per heavy atom. The number of rotatable bonds is 2. The molecule has 0 bridgehead atoms. The summed E-state index contributed by atoms with van der Waals surface area (Å²) in [6.45, 7) is 4.07. The van der Waals surface area contributed by atoms with Crippen LogP contribution in [0.25, 0.3) is 0 Å². The summed E-state index contributed by atoms with van der Waals surface area (Å²) >= 11 is 0. The van der Waals surface area contributed by atoms with E-state index in [0.717, 1.165) is 30.3 Å². The lowest BCUT2D eigenvalue weighted by molar-refractivity contribution is 0.204. The van der Waals surface area contributed by atoms with E-state index in [4.69, 9.17) is 5.73 Å². The Hall–Kier alpha value is -1.23. The molecule has 1 aromatic heterocycles. The van der Waals surface area contributed by atoms with Crippen molar-refractivity contribution in [3.8, 4) is 0 Å². The van der Waals surface area contributed by atoms with Gasteiger partial charge in [0, 0.05) is 20.1 Å². The normalized spacial score (nSPS) is 18.2. The number of nitrogens with zero attached hydrogens (tertiary/aromatic N) is 3. The molecule has 1 aliphatic heterocycles. The van der Waals surface area contributed by atoms with Crippen LogP contribution in [0, 0.1) is 6.92 Å². The van der Waals surface area contributed by atoms with E-state index in [1.807, 2.05) is 18.7 Å². The zero-order valence-electron chi connectivity index (χ0n) is 8.91. The van der Waals surface area contributed by atoms with Gasteiger partial charge in [-0.15, -0.1) is 0 Å². The summed E-state index contributed by atoms with van der Waals surface area (Å²) < 4.78 is 1.81. The topological polar surface area (TPSA) is 59.1 Å². The molecule has 5 nitrogen and oxygen atoms in total. The average Bonchev–Trinajstić information content (AvgIpc) is 2.29. The first-order chi connectivity index (χ1) is 6.58. The minimum atomic E-state index is 0.511. The molecule has 0 atom stereocenters. The summed E-state index contributed by atoms with van der Waals surface area (Å²) in [6, 6.07) is 0.511. The largest absolute Gasteiger partial charge is 0.394 e. The van der Waals surface area contributed by atoms with Crippen LogP contribution in [0.4, 0.5) is 11.5 Å². The minimum Gasteiger partial charge on any atom is -0.394 e. The maximum atomic E-state index is 5.91. The standard InChI is InChI=1S/C9H17N5/c1-6-8(10)9(14(3)12-6)11-7-4-13(2)5-7/h7,11H,4-5,10H2,1-3H3. The third-order valence-electron chi connectivity index (χ3n) is 2.67. The first-order valence-corrected chi connectivity index (χ1v) is 4.82. The molecular formula is C9H17N5. The highest BCUT2D eigenvalue weighted by atomic mass is 15.3. The van der Waals surface area contributed by atoms with Crippen molar-refractivity contribution in [3.05, 3.63) is 5.69 Å². The van der Waals surface area contributed by atoms with E-state index in [0.29, 0.717) is 6.04 Å². The van der Waals surface area contributed by atoms with Crippen LogP contribution in [0.1, 0.15) is 5.69 Å². The number of hydrogen-bond donors (Lipinski definition) is 2. The van der Waals surface area contributed by atoms with Gasteiger partial charge in [-0.1, -0.05) is 0 Å². The fraction of sp³-hybridized carbons (Fsp3) is 0.667. The molecule has 0 spiro atoms. The summed E-state index contributed by atoms with van der Waals surface area (Å²) in [5.74, 6) is 0.945. The molecular weight excluding hydrogens is 178 g/mol. The van der Waals surface area contributed by atoms with Gasteiger partial charge >= 0.3 is 0 Å². The Morgan fingerprint density at radius 1 is 1.43 bits per heavy atom. The number of nitrogens with two attached hydrogens (primary N) is 1. The number of likely N-dealkylation sites (tertiary alicyclic amines) is 1. The minimum absolute atomic E-state index is 0.511. The molecule has 0 aliphatic carbocycles. The number of likely N-dealkylation sites (N-methyl/N-ethyl adjacent to an activating group) is 1. The van der Waals surface area contributed by atoms with Gasteiger partial charge in [0.15, 0.2) is 0 Å². The Morgan fingerprint density at radius 2 is 2.07 bits per heavy atom. The van der Waals surface area contributed by atoms with Crippen LogP contribution >= 0.6 is 0 Å². The molecule has 0 saturated carbocycles. The van der Waals surface area contributed by atoms with Gasteiger partial charge in [0.1, 0.15) is 5.82 Å². The van der Waals surface area contributed by atoms with Crippen molar-refractivity contribution in [2.24, 2.45) is 7.05 Å². The van der Waals surface area contributed by atoms with Gasteiger partial charge < -0.3 is 16.0 Å². The van der Waals surface area contributed by atoms with Gasteiger partial charge in [-0.3, -0.25) is 4.68 Å². The molecule has 0 amide bonds. The molecule has 0 aromatic carbocycles. The highest BCUT2D eigenvalue weighted by Gasteiger charge is 2.24. The van der Waals surface area contributed by atoms with Crippen molar-refractivity contribution in [2.45, 2.75) is 13.0 Å². The van der Waals surface area contributed by atoms with Crippen molar-refractivity contribution in [1.82, 2.24) is 14.7 Å². The van der Waals surface area contributed by atoms with Crippen molar-refractivity contribution in [2.75, 3.05) is 31.2 Å². The van der Waals surface area contributed by atoms with Gasteiger partial charge in [0.25, 0.3) is 0 Å². The SMILES string of the molecule is Cc1nn(C)c(NC2CN(C)C2)c1N. The quantitative estimate of drug-likeness (QED) is 0.699. The number of aryl methyl sites for hydroxylation is 2. The smallest absolute Gasteiger partial charge is 0.148 e. The van der Waals surface area contributed by atoms with Crippen molar-refractivity contribution in [3.63, 3.8) is 0 Å². The molecule has 1 saturated heterocycles. The molecule has 1 fully saturated rings. The number of anilines is 2. The van der Waals surface area contributed by atoms with E-state index in [2.05, 4.69) is 22.4 Å². The van der Waals surface area contributed by atoms with Gasteiger partial charge in [0.05, 0.1) is 17.4 Å². The second-order valence-corrected chi connectivity index (χ2v) is 4.03. The predicted molar refractivity (Wildman–Crippen MR) is 57.3 cm³/mol. The Bertz CT molecular complexity index is 337. The second kappa shape index (κ2) is 3.16. The first-order valence-electron chi connectivity index (χ1n) is 4.82. The number of nitrogen functional groups attached to an aromatic ring is 1. The summed E-state index contributed by atoms with van der Waals surface area (Å²) in [7, 11) is 4.02. The van der Waals surface area contributed by atoms with Crippen LogP contribution in [-0.4, -0.2) is 40.9 Å². The molecule has 1 aromatic rings. The third-order valence-corrected chi connectivity index (χ3v) is 2.67. The lowest BCUT2D eigenvalue weighted by Crippen LogP contribution is -2.52. The number of hydrogen-bond acceptors (Lipinski definition) is 4. The number of aromatic nitrogens is 2. The van der Waals surface area contributed by atoms with Crippen LogP contribution in [-0.2, 0) is 7.05 Å². The number of nitrogens with one attached hydrogen (secondary N) is 1. The fourth-order valence-electron chi connectivity index (χ4n) is 1.83. The van der Waals surface area contributed by atoms with Crippen molar-refractivity contribution >= 4 is 11.5 Å². The molecule has 0 unspecified atom stereocenters. The second-order valence-electron chi connectivity index (χ2n) is 4.03. The fourth-order valence-corrected chi connectivity index (χ4v) is 1.83. The Balaban J connectivity index is 2.09. The van der Waals surface area contributed by atoms with E-state index < -0.39 is 0 Å². The van der Waals surface area contributed by atoms with Crippen LogP contribution in [0.3, 0.4) is 0 Å². The van der Waals surface area contributed by atoms with E-state index in [9.17, 15) is 0 Å². The van der Waals surface area contributed by atoms with E-state index >= 15 is 0 Å². The van der Waals surface area contributed by atoms with Crippen LogP contribution in [0.15, 0.2) is 0 Å². The molecule has 2 rings (SSSR count). The van der Waals surface area contributed by atoms with Crippen molar-refractivity contribution in [1.29, 1.82) is 0 Å². The van der Waals surface area contributed by atoms with Gasteiger partial charge in [-0.25, -0.2) is 0 Å². The summed E-state index contributed by atoms with van der Waals surface area (Å²) in [6.07, 6.45) is 0.